The van der Waals surface area contributed by atoms with Gasteiger partial charge in [0, 0.05) is 60.6 Å². The Morgan fingerprint density at radius 3 is 2.68 bits per heavy atom. The number of aromatic amines is 1. The van der Waals surface area contributed by atoms with Gasteiger partial charge in [-0.2, -0.15) is 28.1 Å². The minimum atomic E-state index is -4.50. The molecule has 176 valence electrons. The van der Waals surface area contributed by atoms with Gasteiger partial charge in [0.05, 0.1) is 18.8 Å². The number of fused-ring (bicyclic) bond motifs is 1. The molecule has 0 saturated carbocycles. The van der Waals surface area contributed by atoms with Crippen molar-refractivity contribution in [2.45, 2.75) is 12.6 Å². The molecule has 3 aromatic heterocycles. The average Bonchev–Trinajstić information content (AvgIpc) is 3.33. The van der Waals surface area contributed by atoms with Crippen LogP contribution >= 0.6 is 0 Å². The highest BCUT2D eigenvalue weighted by atomic mass is 19.4. The van der Waals surface area contributed by atoms with E-state index in [4.69, 9.17) is 4.74 Å². The van der Waals surface area contributed by atoms with E-state index in [1.807, 2.05) is 23.1 Å². The quantitative estimate of drug-likeness (QED) is 0.442. The average molecular weight is 469 g/mol. The summed E-state index contributed by atoms with van der Waals surface area (Å²) in [4.78, 5) is 22.7. The molecule has 0 amide bonds. The number of ether oxygens (including phenoxy) is 1. The predicted molar refractivity (Wildman–Crippen MR) is 122 cm³/mol. The summed E-state index contributed by atoms with van der Waals surface area (Å²) in [5.74, 6) is 0.866. The summed E-state index contributed by atoms with van der Waals surface area (Å²) in [5, 5.41) is 3.78. The maximum atomic E-state index is 13.6. The van der Waals surface area contributed by atoms with Crippen LogP contribution in [0.25, 0.3) is 22.3 Å². The smallest absolute Gasteiger partial charge is 0.378 e. The SMILES string of the molecule is FC(F)(F)c1cc(-c2nc(NCCc3ccccn3)nc(N3CCOCC3)n2)c2cc[nH]c2c1. The zero-order chi connectivity index (χ0) is 23.5. The second-order valence-electron chi connectivity index (χ2n) is 7.84. The van der Waals surface area contributed by atoms with Crippen molar-refractivity contribution >= 4 is 22.8 Å². The van der Waals surface area contributed by atoms with Crippen molar-refractivity contribution in [1.82, 2.24) is 24.9 Å². The molecule has 1 aliphatic rings. The van der Waals surface area contributed by atoms with Crippen LogP contribution < -0.4 is 10.2 Å². The van der Waals surface area contributed by atoms with E-state index in [2.05, 4.69) is 30.2 Å². The van der Waals surface area contributed by atoms with Gasteiger partial charge in [0.2, 0.25) is 11.9 Å². The van der Waals surface area contributed by atoms with Crippen LogP contribution in [-0.4, -0.2) is 57.8 Å². The largest absolute Gasteiger partial charge is 0.416 e. The first-order valence-electron chi connectivity index (χ1n) is 10.9. The van der Waals surface area contributed by atoms with E-state index in [1.165, 1.54) is 0 Å². The Labute approximate surface area is 193 Å². The molecule has 0 bridgehead atoms. The molecule has 1 fully saturated rings. The van der Waals surface area contributed by atoms with Crippen molar-refractivity contribution < 1.29 is 17.9 Å². The number of halogens is 3. The van der Waals surface area contributed by atoms with E-state index in [0.29, 0.717) is 62.1 Å². The molecule has 0 atom stereocenters. The molecular weight excluding hydrogens is 447 g/mol. The number of morpholine rings is 1. The summed E-state index contributed by atoms with van der Waals surface area (Å²) in [7, 11) is 0. The van der Waals surface area contributed by atoms with Gasteiger partial charge in [0.1, 0.15) is 0 Å². The van der Waals surface area contributed by atoms with Gasteiger partial charge < -0.3 is 19.9 Å². The molecule has 1 saturated heterocycles. The lowest BCUT2D eigenvalue weighted by Crippen LogP contribution is -2.37. The van der Waals surface area contributed by atoms with Gasteiger partial charge in [0.15, 0.2) is 5.82 Å². The summed E-state index contributed by atoms with van der Waals surface area (Å²) in [6.45, 7) is 2.72. The molecule has 0 unspecified atom stereocenters. The van der Waals surface area contributed by atoms with Gasteiger partial charge in [0.25, 0.3) is 0 Å². The number of aromatic nitrogens is 5. The molecule has 2 N–H and O–H groups in total. The summed E-state index contributed by atoms with van der Waals surface area (Å²) in [6.07, 6.45) is -0.536. The molecular formula is C23H22F3N7O. The highest BCUT2D eigenvalue weighted by molar-refractivity contribution is 5.94. The van der Waals surface area contributed by atoms with Crippen LogP contribution in [0.1, 0.15) is 11.3 Å². The molecule has 5 rings (SSSR count). The van der Waals surface area contributed by atoms with Crippen LogP contribution in [0.4, 0.5) is 25.1 Å². The molecule has 0 spiro atoms. The second kappa shape index (κ2) is 9.26. The van der Waals surface area contributed by atoms with Gasteiger partial charge in [-0.1, -0.05) is 6.07 Å². The van der Waals surface area contributed by atoms with E-state index in [-0.39, 0.29) is 11.4 Å². The number of alkyl halides is 3. The molecule has 34 heavy (non-hydrogen) atoms. The van der Waals surface area contributed by atoms with Crippen LogP contribution in [0.3, 0.4) is 0 Å². The Bertz CT molecular complexity index is 1270. The lowest BCUT2D eigenvalue weighted by Gasteiger charge is -2.27. The summed E-state index contributed by atoms with van der Waals surface area (Å²) in [5.41, 5.74) is 0.790. The van der Waals surface area contributed by atoms with E-state index in [9.17, 15) is 13.2 Å². The molecule has 11 heteroatoms. The maximum absolute atomic E-state index is 13.6. The summed E-state index contributed by atoms with van der Waals surface area (Å²) in [6, 6.07) is 9.58. The Kier molecular flexibility index (Phi) is 6.01. The minimum Gasteiger partial charge on any atom is -0.378 e. The van der Waals surface area contributed by atoms with Crippen molar-refractivity contribution in [3.8, 4) is 11.4 Å². The first-order chi connectivity index (χ1) is 16.5. The Hall–Kier alpha value is -3.73. The summed E-state index contributed by atoms with van der Waals surface area (Å²) < 4.78 is 46.2. The van der Waals surface area contributed by atoms with Crippen LogP contribution in [0.2, 0.25) is 0 Å². The van der Waals surface area contributed by atoms with Crippen molar-refractivity contribution in [3.05, 3.63) is 60.0 Å². The normalized spacial score (nSPS) is 14.5. The fraction of sp³-hybridized carbons (Fsp3) is 0.304. The van der Waals surface area contributed by atoms with E-state index in [0.717, 1.165) is 17.8 Å². The number of nitrogens with zero attached hydrogens (tertiary/aromatic N) is 5. The van der Waals surface area contributed by atoms with Gasteiger partial charge in [-0.15, -0.1) is 0 Å². The zero-order valence-corrected chi connectivity index (χ0v) is 18.1. The fourth-order valence-corrected chi connectivity index (χ4v) is 3.83. The number of benzene rings is 1. The second-order valence-corrected chi connectivity index (χ2v) is 7.84. The van der Waals surface area contributed by atoms with Crippen LogP contribution in [0.5, 0.6) is 0 Å². The van der Waals surface area contributed by atoms with Crippen LogP contribution in [0, 0.1) is 0 Å². The van der Waals surface area contributed by atoms with Gasteiger partial charge >= 0.3 is 6.18 Å². The van der Waals surface area contributed by atoms with Gasteiger partial charge in [-0.25, -0.2) is 0 Å². The number of nitrogens with one attached hydrogen (secondary N) is 2. The number of rotatable bonds is 6. The van der Waals surface area contributed by atoms with E-state index >= 15 is 0 Å². The van der Waals surface area contributed by atoms with Crippen LogP contribution in [-0.2, 0) is 17.3 Å². The highest BCUT2D eigenvalue weighted by Gasteiger charge is 2.32. The first-order valence-corrected chi connectivity index (χ1v) is 10.9. The number of anilines is 2. The number of hydrogen-bond donors (Lipinski definition) is 2. The Morgan fingerprint density at radius 1 is 1.06 bits per heavy atom. The third kappa shape index (κ3) is 4.79. The predicted octanol–water partition coefficient (Wildman–Crippen LogP) is 3.92. The molecule has 8 nitrogen and oxygen atoms in total. The molecule has 0 radical (unpaired) electrons. The number of pyridine rings is 1. The molecule has 4 heterocycles. The maximum Gasteiger partial charge on any atom is 0.416 e. The molecule has 0 aliphatic carbocycles. The zero-order valence-electron chi connectivity index (χ0n) is 18.1. The summed E-state index contributed by atoms with van der Waals surface area (Å²) >= 11 is 0. The highest BCUT2D eigenvalue weighted by Crippen LogP contribution is 2.36. The van der Waals surface area contributed by atoms with E-state index in [1.54, 1.807) is 18.5 Å². The van der Waals surface area contributed by atoms with Gasteiger partial charge in [-0.05, 0) is 30.3 Å². The molecule has 4 aromatic rings. The van der Waals surface area contributed by atoms with Crippen molar-refractivity contribution in [1.29, 1.82) is 0 Å². The fourth-order valence-electron chi connectivity index (χ4n) is 3.83. The Balaban J connectivity index is 1.53. The van der Waals surface area contributed by atoms with Crippen LogP contribution in [0.15, 0.2) is 48.8 Å². The van der Waals surface area contributed by atoms with Crippen molar-refractivity contribution in [2.24, 2.45) is 0 Å². The van der Waals surface area contributed by atoms with E-state index < -0.39 is 11.7 Å². The number of H-pyrrole nitrogens is 1. The monoisotopic (exact) mass is 469 g/mol. The standard InChI is InChI=1S/C23H22F3N7O/c24-23(25,26)15-13-18(17-5-8-28-19(17)14-15)20-30-21(29-7-4-16-3-1-2-6-27-16)32-22(31-20)33-9-11-34-12-10-33/h1-3,5-6,8,13-14,28H,4,7,9-12H2,(H,29,30,31,32). The first kappa shape index (κ1) is 22.1. The van der Waals surface area contributed by atoms with Crippen molar-refractivity contribution in [3.63, 3.8) is 0 Å². The lowest BCUT2D eigenvalue weighted by atomic mass is 10.0. The van der Waals surface area contributed by atoms with Gasteiger partial charge in [-0.3, -0.25) is 4.98 Å². The minimum absolute atomic E-state index is 0.174. The number of hydrogen-bond acceptors (Lipinski definition) is 7. The van der Waals surface area contributed by atoms with Crippen molar-refractivity contribution in [2.75, 3.05) is 43.1 Å². The Morgan fingerprint density at radius 2 is 1.91 bits per heavy atom. The third-order valence-electron chi connectivity index (χ3n) is 5.55. The third-order valence-corrected chi connectivity index (χ3v) is 5.55. The topological polar surface area (TPSA) is 91.8 Å². The molecule has 1 aromatic carbocycles. The lowest BCUT2D eigenvalue weighted by molar-refractivity contribution is -0.137. The molecule has 1 aliphatic heterocycles.